The van der Waals surface area contributed by atoms with Crippen molar-refractivity contribution in [2.24, 2.45) is 7.05 Å². The number of aromatic nitrogens is 2. The highest BCUT2D eigenvalue weighted by atomic mass is 32.2. The molecule has 0 radical (unpaired) electrons. The quantitative estimate of drug-likeness (QED) is 0.811. The first-order valence-electron chi connectivity index (χ1n) is 5.11. The molecular weight excluding hydrogens is 218 g/mol. The Bertz CT molecular complexity index is 517. The first kappa shape index (κ1) is 11.1. The van der Waals surface area contributed by atoms with E-state index in [0.29, 0.717) is 0 Å². The van der Waals surface area contributed by atoms with E-state index in [4.69, 9.17) is 5.73 Å². The summed E-state index contributed by atoms with van der Waals surface area (Å²) in [4.78, 5) is 1.22. The molecule has 2 N–H and O–H groups in total. The fraction of sp³-hybridized carbons (Fsp3) is 0.250. The van der Waals surface area contributed by atoms with E-state index >= 15 is 0 Å². The van der Waals surface area contributed by atoms with Gasteiger partial charge in [0, 0.05) is 17.6 Å². The molecule has 0 aliphatic heterocycles. The van der Waals surface area contributed by atoms with Crippen LogP contribution in [-0.2, 0) is 7.05 Å². The third-order valence-corrected chi connectivity index (χ3v) is 3.64. The summed E-state index contributed by atoms with van der Waals surface area (Å²) < 4.78 is 1.90. The summed E-state index contributed by atoms with van der Waals surface area (Å²) in [6.45, 7) is 4.07. The third-order valence-electron chi connectivity index (χ3n) is 2.37. The Morgan fingerprint density at radius 2 is 2.00 bits per heavy atom. The normalized spacial score (nSPS) is 10.7. The minimum atomic E-state index is 0.808. The molecule has 0 aliphatic rings. The van der Waals surface area contributed by atoms with Crippen LogP contribution >= 0.6 is 11.8 Å². The molecule has 84 valence electrons. The summed E-state index contributed by atoms with van der Waals surface area (Å²) in [6, 6.07) is 8.06. The molecule has 1 heterocycles. The van der Waals surface area contributed by atoms with Gasteiger partial charge < -0.3 is 5.73 Å². The van der Waals surface area contributed by atoms with Crippen LogP contribution in [0, 0.1) is 13.8 Å². The van der Waals surface area contributed by atoms with Gasteiger partial charge in [-0.05, 0) is 43.7 Å². The number of rotatable bonds is 2. The number of anilines is 1. The molecule has 3 nitrogen and oxygen atoms in total. The zero-order chi connectivity index (χ0) is 11.7. The van der Waals surface area contributed by atoms with Gasteiger partial charge in [-0.15, -0.1) is 0 Å². The van der Waals surface area contributed by atoms with Gasteiger partial charge in [-0.3, -0.25) is 4.68 Å². The average Bonchev–Trinajstić information content (AvgIpc) is 2.50. The topological polar surface area (TPSA) is 43.8 Å². The Balaban J connectivity index is 2.30. The Labute approximate surface area is 99.7 Å². The van der Waals surface area contributed by atoms with Crippen LogP contribution in [0.3, 0.4) is 0 Å². The molecule has 0 bridgehead atoms. The van der Waals surface area contributed by atoms with Gasteiger partial charge in [-0.25, -0.2) is 0 Å². The second-order valence-corrected chi connectivity index (χ2v) is 4.94. The van der Waals surface area contributed by atoms with Crippen molar-refractivity contribution in [3.05, 3.63) is 35.5 Å². The van der Waals surface area contributed by atoms with Crippen LogP contribution in [0.4, 0.5) is 5.69 Å². The molecule has 0 unspecified atom stereocenters. The first-order chi connectivity index (χ1) is 7.56. The zero-order valence-corrected chi connectivity index (χ0v) is 10.5. The van der Waals surface area contributed by atoms with Crippen molar-refractivity contribution in [2.75, 3.05) is 5.73 Å². The lowest BCUT2D eigenvalue weighted by Gasteiger charge is -2.06. The van der Waals surface area contributed by atoms with Gasteiger partial charge in [0.25, 0.3) is 0 Å². The summed E-state index contributed by atoms with van der Waals surface area (Å²) in [5, 5.41) is 5.47. The van der Waals surface area contributed by atoms with E-state index in [1.807, 2.05) is 30.8 Å². The lowest BCUT2D eigenvalue weighted by molar-refractivity contribution is 0.692. The number of nitrogens with zero attached hydrogens (tertiary/aromatic N) is 2. The second-order valence-electron chi connectivity index (χ2n) is 3.87. The minimum Gasteiger partial charge on any atom is -0.399 e. The molecule has 1 aromatic heterocycles. The highest BCUT2D eigenvalue weighted by Gasteiger charge is 2.06. The van der Waals surface area contributed by atoms with Gasteiger partial charge >= 0.3 is 0 Å². The molecular formula is C12H15N3S. The Hall–Kier alpha value is -1.42. The SMILES string of the molecule is Cc1cc(Sc2ccc(N)cc2C)n(C)n1. The molecule has 0 fully saturated rings. The Morgan fingerprint density at radius 1 is 1.25 bits per heavy atom. The van der Waals surface area contributed by atoms with E-state index < -0.39 is 0 Å². The maximum atomic E-state index is 5.73. The molecule has 0 amide bonds. The van der Waals surface area contributed by atoms with E-state index in [0.717, 1.165) is 16.4 Å². The molecule has 0 atom stereocenters. The smallest absolute Gasteiger partial charge is 0.0987 e. The predicted molar refractivity (Wildman–Crippen MR) is 67.7 cm³/mol. The van der Waals surface area contributed by atoms with E-state index in [1.54, 1.807) is 11.8 Å². The van der Waals surface area contributed by atoms with Crippen molar-refractivity contribution < 1.29 is 0 Å². The molecule has 2 aromatic rings. The average molecular weight is 233 g/mol. The van der Waals surface area contributed by atoms with Crippen molar-refractivity contribution in [3.63, 3.8) is 0 Å². The molecule has 0 saturated carbocycles. The van der Waals surface area contributed by atoms with Crippen molar-refractivity contribution in [2.45, 2.75) is 23.8 Å². The van der Waals surface area contributed by atoms with E-state index in [2.05, 4.69) is 24.2 Å². The molecule has 0 saturated heterocycles. The molecule has 0 aliphatic carbocycles. The highest BCUT2D eigenvalue weighted by Crippen LogP contribution is 2.31. The summed E-state index contributed by atoms with van der Waals surface area (Å²) in [7, 11) is 1.96. The van der Waals surface area contributed by atoms with E-state index in [1.165, 1.54) is 10.5 Å². The molecule has 0 spiro atoms. The van der Waals surface area contributed by atoms with E-state index in [9.17, 15) is 0 Å². The van der Waals surface area contributed by atoms with Gasteiger partial charge in [0.2, 0.25) is 0 Å². The van der Waals surface area contributed by atoms with Gasteiger partial charge in [-0.2, -0.15) is 5.10 Å². The number of benzene rings is 1. The largest absolute Gasteiger partial charge is 0.399 e. The maximum absolute atomic E-state index is 5.73. The number of aryl methyl sites for hydroxylation is 3. The van der Waals surface area contributed by atoms with Crippen LogP contribution in [0.5, 0.6) is 0 Å². The van der Waals surface area contributed by atoms with Crippen LogP contribution in [0.25, 0.3) is 0 Å². The second kappa shape index (κ2) is 4.22. The molecule has 1 aromatic carbocycles. The molecule has 2 rings (SSSR count). The number of nitrogens with two attached hydrogens (primary N) is 1. The van der Waals surface area contributed by atoms with Crippen LogP contribution in [-0.4, -0.2) is 9.78 Å². The lowest BCUT2D eigenvalue weighted by Crippen LogP contribution is -1.93. The van der Waals surface area contributed by atoms with Crippen LogP contribution in [0.15, 0.2) is 34.2 Å². The van der Waals surface area contributed by atoms with E-state index in [-0.39, 0.29) is 0 Å². The molecule has 4 heteroatoms. The summed E-state index contributed by atoms with van der Waals surface area (Å²) in [6.07, 6.45) is 0. The fourth-order valence-electron chi connectivity index (χ4n) is 1.58. The molecule has 16 heavy (non-hydrogen) atoms. The van der Waals surface area contributed by atoms with Crippen LogP contribution < -0.4 is 5.73 Å². The van der Waals surface area contributed by atoms with Gasteiger partial charge in [0.05, 0.1) is 10.7 Å². The summed E-state index contributed by atoms with van der Waals surface area (Å²) in [5.41, 5.74) is 8.77. The maximum Gasteiger partial charge on any atom is 0.0987 e. The Morgan fingerprint density at radius 3 is 2.56 bits per heavy atom. The summed E-state index contributed by atoms with van der Waals surface area (Å²) in [5.74, 6) is 0. The number of hydrogen-bond acceptors (Lipinski definition) is 3. The van der Waals surface area contributed by atoms with Crippen molar-refractivity contribution >= 4 is 17.4 Å². The number of nitrogen functional groups attached to an aromatic ring is 1. The first-order valence-corrected chi connectivity index (χ1v) is 5.92. The van der Waals surface area contributed by atoms with Crippen molar-refractivity contribution in [1.29, 1.82) is 0 Å². The van der Waals surface area contributed by atoms with Gasteiger partial charge in [0.1, 0.15) is 0 Å². The summed E-state index contributed by atoms with van der Waals surface area (Å²) >= 11 is 1.72. The number of hydrogen-bond donors (Lipinski definition) is 1. The lowest BCUT2D eigenvalue weighted by atomic mass is 10.2. The third kappa shape index (κ3) is 2.22. The van der Waals surface area contributed by atoms with Gasteiger partial charge in [0.15, 0.2) is 0 Å². The highest BCUT2D eigenvalue weighted by molar-refractivity contribution is 7.99. The van der Waals surface area contributed by atoms with Crippen molar-refractivity contribution in [3.8, 4) is 0 Å². The fourth-order valence-corrected chi connectivity index (χ4v) is 2.57. The van der Waals surface area contributed by atoms with Crippen LogP contribution in [0.2, 0.25) is 0 Å². The monoisotopic (exact) mass is 233 g/mol. The standard InChI is InChI=1S/C12H15N3S/c1-8-6-10(13)4-5-11(8)16-12-7-9(2)14-15(12)3/h4-7H,13H2,1-3H3. The Kier molecular flexibility index (Phi) is 2.92. The minimum absolute atomic E-state index is 0.808. The van der Waals surface area contributed by atoms with Crippen LogP contribution in [0.1, 0.15) is 11.3 Å². The zero-order valence-electron chi connectivity index (χ0n) is 9.69. The van der Waals surface area contributed by atoms with Crippen molar-refractivity contribution in [1.82, 2.24) is 9.78 Å². The van der Waals surface area contributed by atoms with Gasteiger partial charge in [-0.1, -0.05) is 11.8 Å². The predicted octanol–water partition coefficient (Wildman–Crippen LogP) is 2.77.